The zero-order chi connectivity index (χ0) is 15.0. The number of guanidine groups is 1. The van der Waals surface area contributed by atoms with Crippen LogP contribution in [-0.4, -0.2) is 26.2 Å². The van der Waals surface area contributed by atoms with Gasteiger partial charge in [-0.2, -0.15) is 0 Å². The average Bonchev–Trinajstić information content (AvgIpc) is 2.46. The van der Waals surface area contributed by atoms with Gasteiger partial charge in [0.25, 0.3) is 0 Å². The smallest absolute Gasteiger partial charge is 0.191 e. The van der Waals surface area contributed by atoms with E-state index in [1.54, 1.807) is 20.2 Å². The van der Waals surface area contributed by atoms with Crippen molar-refractivity contribution in [2.24, 2.45) is 4.99 Å². The van der Waals surface area contributed by atoms with E-state index >= 15 is 0 Å². The molecule has 0 heterocycles. The third-order valence-corrected chi connectivity index (χ3v) is 3.09. The molecule has 0 aliphatic rings. The summed E-state index contributed by atoms with van der Waals surface area (Å²) in [6.07, 6.45) is 1.02. The fourth-order valence-electron chi connectivity index (χ4n) is 1.72. The Hall–Kier alpha value is -0.890. The SMILES string of the molecule is CCC(C)NC(=NC)NCc1ccc(F)c(COC)c1.I. The second kappa shape index (κ2) is 10.8. The van der Waals surface area contributed by atoms with Crippen molar-refractivity contribution < 1.29 is 9.13 Å². The molecule has 0 aliphatic heterocycles. The van der Waals surface area contributed by atoms with Crippen LogP contribution in [0.15, 0.2) is 23.2 Å². The highest BCUT2D eigenvalue weighted by atomic mass is 127. The molecule has 0 radical (unpaired) electrons. The van der Waals surface area contributed by atoms with Crippen molar-refractivity contribution >= 4 is 29.9 Å². The van der Waals surface area contributed by atoms with Crippen LogP contribution >= 0.6 is 24.0 Å². The number of hydrogen-bond acceptors (Lipinski definition) is 2. The second-order valence-corrected chi connectivity index (χ2v) is 4.74. The molecular weight excluding hydrogens is 384 g/mol. The molecule has 6 heteroatoms. The molecule has 0 bridgehead atoms. The van der Waals surface area contributed by atoms with Crippen LogP contribution in [-0.2, 0) is 17.9 Å². The first kappa shape index (κ1) is 20.1. The molecule has 0 aliphatic carbocycles. The molecule has 1 aromatic rings. The lowest BCUT2D eigenvalue weighted by Crippen LogP contribution is -2.41. The summed E-state index contributed by atoms with van der Waals surface area (Å²) in [5.74, 6) is 0.509. The molecule has 0 fully saturated rings. The van der Waals surface area contributed by atoms with Crippen molar-refractivity contribution in [3.05, 3.63) is 35.1 Å². The van der Waals surface area contributed by atoms with Gasteiger partial charge in [0.1, 0.15) is 5.82 Å². The fourth-order valence-corrected chi connectivity index (χ4v) is 1.72. The molecular formula is C15H25FIN3O. The predicted molar refractivity (Wildman–Crippen MR) is 95.6 cm³/mol. The molecule has 0 saturated heterocycles. The van der Waals surface area contributed by atoms with E-state index in [-0.39, 0.29) is 36.4 Å². The van der Waals surface area contributed by atoms with Gasteiger partial charge in [0.15, 0.2) is 5.96 Å². The summed E-state index contributed by atoms with van der Waals surface area (Å²) in [7, 11) is 3.29. The maximum Gasteiger partial charge on any atom is 0.191 e. The minimum Gasteiger partial charge on any atom is -0.380 e. The highest BCUT2D eigenvalue weighted by Crippen LogP contribution is 2.11. The topological polar surface area (TPSA) is 45.7 Å². The second-order valence-electron chi connectivity index (χ2n) is 4.74. The number of benzene rings is 1. The van der Waals surface area contributed by atoms with Gasteiger partial charge in [-0.1, -0.05) is 13.0 Å². The van der Waals surface area contributed by atoms with E-state index in [1.165, 1.54) is 6.07 Å². The van der Waals surface area contributed by atoms with Gasteiger partial charge < -0.3 is 15.4 Å². The molecule has 1 atom stereocenters. The first-order valence-electron chi connectivity index (χ1n) is 6.84. The Morgan fingerprint density at radius 2 is 2.14 bits per heavy atom. The Kier molecular flexibility index (Phi) is 10.3. The van der Waals surface area contributed by atoms with E-state index in [1.807, 2.05) is 6.07 Å². The molecule has 2 N–H and O–H groups in total. The number of rotatable bonds is 6. The summed E-state index contributed by atoms with van der Waals surface area (Å²) in [5, 5.41) is 6.49. The zero-order valence-electron chi connectivity index (χ0n) is 13.1. The Balaban J connectivity index is 0.00000400. The fraction of sp³-hybridized carbons (Fsp3) is 0.533. The molecule has 120 valence electrons. The van der Waals surface area contributed by atoms with Gasteiger partial charge in [0.2, 0.25) is 0 Å². The number of methoxy groups -OCH3 is 1. The zero-order valence-corrected chi connectivity index (χ0v) is 15.4. The van der Waals surface area contributed by atoms with Crippen LogP contribution in [0.5, 0.6) is 0 Å². The molecule has 1 aromatic carbocycles. The largest absolute Gasteiger partial charge is 0.380 e. The van der Waals surface area contributed by atoms with E-state index in [2.05, 4.69) is 29.5 Å². The normalized spacial score (nSPS) is 12.5. The summed E-state index contributed by atoms with van der Waals surface area (Å²) < 4.78 is 18.5. The maximum atomic E-state index is 13.5. The Labute approximate surface area is 143 Å². The van der Waals surface area contributed by atoms with E-state index < -0.39 is 0 Å². The van der Waals surface area contributed by atoms with Gasteiger partial charge in [-0.3, -0.25) is 4.99 Å². The van der Waals surface area contributed by atoms with Crippen LogP contribution in [0.25, 0.3) is 0 Å². The molecule has 21 heavy (non-hydrogen) atoms. The standard InChI is InChI=1S/C15H24FN3O.HI/c1-5-11(2)19-15(17-3)18-9-12-6-7-14(16)13(8-12)10-20-4;/h6-8,11H,5,9-10H2,1-4H3,(H2,17,18,19);1H. The lowest BCUT2D eigenvalue weighted by molar-refractivity contribution is 0.181. The molecule has 0 aromatic heterocycles. The van der Waals surface area contributed by atoms with Crippen molar-refractivity contribution in [2.45, 2.75) is 39.5 Å². The number of ether oxygens (including phenoxy) is 1. The van der Waals surface area contributed by atoms with Gasteiger partial charge in [-0.15, -0.1) is 24.0 Å². The Morgan fingerprint density at radius 1 is 1.43 bits per heavy atom. The summed E-state index contributed by atoms with van der Waals surface area (Å²) in [4.78, 5) is 4.16. The summed E-state index contributed by atoms with van der Waals surface area (Å²) >= 11 is 0. The number of nitrogens with zero attached hydrogens (tertiary/aromatic N) is 1. The van der Waals surface area contributed by atoms with Crippen LogP contribution in [0.1, 0.15) is 31.4 Å². The first-order chi connectivity index (χ1) is 9.60. The maximum absolute atomic E-state index is 13.5. The Bertz CT molecular complexity index is 455. The quantitative estimate of drug-likeness (QED) is 0.432. The number of nitrogens with one attached hydrogen (secondary N) is 2. The molecule has 0 amide bonds. The lowest BCUT2D eigenvalue weighted by Gasteiger charge is -2.16. The van der Waals surface area contributed by atoms with E-state index in [0.29, 0.717) is 18.2 Å². The molecule has 1 unspecified atom stereocenters. The van der Waals surface area contributed by atoms with Gasteiger partial charge >= 0.3 is 0 Å². The molecule has 0 saturated carbocycles. The minimum absolute atomic E-state index is 0. The van der Waals surface area contributed by atoms with Gasteiger partial charge in [-0.25, -0.2) is 4.39 Å². The number of hydrogen-bond donors (Lipinski definition) is 2. The average molecular weight is 409 g/mol. The van der Waals surface area contributed by atoms with Crippen LogP contribution in [0.2, 0.25) is 0 Å². The van der Waals surface area contributed by atoms with Crippen LogP contribution in [0.4, 0.5) is 4.39 Å². The van der Waals surface area contributed by atoms with Gasteiger partial charge in [0, 0.05) is 32.3 Å². The summed E-state index contributed by atoms with van der Waals surface area (Å²) in [5.41, 5.74) is 1.56. The molecule has 1 rings (SSSR count). The van der Waals surface area contributed by atoms with E-state index in [9.17, 15) is 4.39 Å². The molecule has 4 nitrogen and oxygen atoms in total. The van der Waals surface area contributed by atoms with Crippen molar-refractivity contribution in [3.8, 4) is 0 Å². The van der Waals surface area contributed by atoms with Crippen molar-refractivity contribution in [1.82, 2.24) is 10.6 Å². The van der Waals surface area contributed by atoms with Crippen LogP contribution in [0.3, 0.4) is 0 Å². The lowest BCUT2D eigenvalue weighted by atomic mass is 10.1. The van der Waals surface area contributed by atoms with Crippen molar-refractivity contribution in [1.29, 1.82) is 0 Å². The van der Waals surface area contributed by atoms with Crippen molar-refractivity contribution in [3.63, 3.8) is 0 Å². The minimum atomic E-state index is -0.238. The highest BCUT2D eigenvalue weighted by molar-refractivity contribution is 14.0. The number of aliphatic imine (C=N–C) groups is 1. The molecule has 0 spiro atoms. The predicted octanol–water partition coefficient (Wildman–Crippen LogP) is 3.05. The third kappa shape index (κ3) is 7.08. The van der Waals surface area contributed by atoms with E-state index in [4.69, 9.17) is 4.74 Å². The van der Waals surface area contributed by atoms with Gasteiger partial charge in [-0.05, 0) is 31.0 Å². The third-order valence-electron chi connectivity index (χ3n) is 3.09. The monoisotopic (exact) mass is 409 g/mol. The number of halogens is 2. The van der Waals surface area contributed by atoms with E-state index in [0.717, 1.165) is 17.9 Å². The summed E-state index contributed by atoms with van der Waals surface area (Å²) in [6, 6.07) is 5.40. The van der Waals surface area contributed by atoms with Crippen LogP contribution in [0, 0.1) is 5.82 Å². The summed E-state index contributed by atoms with van der Waals surface area (Å²) in [6.45, 7) is 5.08. The Morgan fingerprint density at radius 3 is 2.71 bits per heavy atom. The first-order valence-corrected chi connectivity index (χ1v) is 6.84. The van der Waals surface area contributed by atoms with Crippen molar-refractivity contribution in [2.75, 3.05) is 14.2 Å². The highest BCUT2D eigenvalue weighted by Gasteiger charge is 2.05. The van der Waals surface area contributed by atoms with Gasteiger partial charge in [0.05, 0.1) is 6.61 Å². The van der Waals surface area contributed by atoms with Crippen LogP contribution < -0.4 is 10.6 Å².